The molecule has 3 aromatic rings. The van der Waals surface area contributed by atoms with E-state index in [1.807, 2.05) is 6.20 Å². The van der Waals surface area contributed by atoms with Crippen LogP contribution >= 0.6 is 11.6 Å². The Kier molecular flexibility index (Phi) is 4.62. The van der Waals surface area contributed by atoms with Gasteiger partial charge in [-0.25, -0.2) is 9.97 Å². The van der Waals surface area contributed by atoms with Crippen molar-refractivity contribution in [2.45, 2.75) is 26.3 Å². The number of imidazole rings is 2. The Morgan fingerprint density at radius 2 is 2.22 bits per heavy atom. The number of fused-ring (bicyclic) bond motifs is 1. The molecule has 0 aromatic carbocycles. The van der Waals surface area contributed by atoms with Crippen LogP contribution in [0.3, 0.4) is 0 Å². The summed E-state index contributed by atoms with van der Waals surface area (Å²) in [5.41, 5.74) is 1.09. The second kappa shape index (κ2) is 6.83. The summed E-state index contributed by atoms with van der Waals surface area (Å²) in [5, 5.41) is 3.50. The maximum atomic E-state index is 12.1. The first-order valence-corrected chi connectivity index (χ1v) is 7.97. The van der Waals surface area contributed by atoms with E-state index in [4.69, 9.17) is 11.6 Å². The van der Waals surface area contributed by atoms with Crippen molar-refractivity contribution in [2.75, 3.05) is 6.54 Å². The number of halogens is 1. The van der Waals surface area contributed by atoms with Gasteiger partial charge in [0.05, 0.1) is 5.02 Å². The molecule has 3 rings (SSSR count). The number of pyridine rings is 1. The highest BCUT2D eigenvalue weighted by atomic mass is 35.5. The van der Waals surface area contributed by atoms with Gasteiger partial charge in [-0.2, -0.15) is 0 Å². The molecule has 7 heteroatoms. The fourth-order valence-electron chi connectivity index (χ4n) is 2.47. The van der Waals surface area contributed by atoms with E-state index in [9.17, 15) is 4.79 Å². The monoisotopic (exact) mass is 331 g/mol. The predicted molar refractivity (Wildman–Crippen MR) is 88.8 cm³/mol. The van der Waals surface area contributed by atoms with Gasteiger partial charge >= 0.3 is 0 Å². The molecule has 3 aromatic heterocycles. The molecule has 1 amide bonds. The quantitative estimate of drug-likeness (QED) is 0.706. The summed E-state index contributed by atoms with van der Waals surface area (Å²) in [5.74, 6) is 0.889. The molecule has 1 N–H and O–H groups in total. The summed E-state index contributed by atoms with van der Waals surface area (Å²) in [7, 11) is 0. The summed E-state index contributed by atoms with van der Waals surface area (Å²) in [6.07, 6.45) is 8.93. The molecule has 0 aliphatic rings. The average Bonchev–Trinajstić information content (AvgIpc) is 3.16. The number of carbonyl (C=O) groups excluding carboxylic acids is 1. The Hall–Kier alpha value is -2.34. The van der Waals surface area contributed by atoms with Gasteiger partial charge in [-0.15, -0.1) is 0 Å². The van der Waals surface area contributed by atoms with Crippen molar-refractivity contribution in [3.8, 4) is 0 Å². The zero-order chi connectivity index (χ0) is 16.2. The molecule has 0 saturated heterocycles. The van der Waals surface area contributed by atoms with E-state index in [1.54, 1.807) is 35.1 Å². The second-order valence-corrected chi connectivity index (χ2v) is 5.68. The van der Waals surface area contributed by atoms with Gasteiger partial charge in [-0.05, 0) is 18.6 Å². The van der Waals surface area contributed by atoms with Gasteiger partial charge in [0.25, 0.3) is 5.91 Å². The molecule has 0 fully saturated rings. The number of aromatic nitrogens is 4. The third kappa shape index (κ3) is 3.53. The highest BCUT2D eigenvalue weighted by molar-refractivity contribution is 6.30. The van der Waals surface area contributed by atoms with E-state index < -0.39 is 0 Å². The number of amides is 1. The minimum absolute atomic E-state index is 0.175. The fraction of sp³-hybridized carbons (Fsp3) is 0.312. The van der Waals surface area contributed by atoms with Crippen molar-refractivity contribution in [2.24, 2.45) is 0 Å². The van der Waals surface area contributed by atoms with Crippen LogP contribution in [0.1, 0.15) is 29.7 Å². The van der Waals surface area contributed by atoms with Crippen LogP contribution in [0.25, 0.3) is 5.65 Å². The maximum absolute atomic E-state index is 12.1. The molecule has 0 spiro atoms. The van der Waals surface area contributed by atoms with Gasteiger partial charge in [0, 0.05) is 44.3 Å². The standard InChI is InChI=1S/C16H18ClN5O/c1-2-14-18-7-9-21(14)8-3-6-19-16(23)13-11-22-10-12(17)4-5-15(22)20-13/h4-5,7,9-11H,2-3,6,8H2,1H3,(H,19,23). The lowest BCUT2D eigenvalue weighted by atomic mass is 10.3. The van der Waals surface area contributed by atoms with Crippen molar-refractivity contribution in [1.82, 2.24) is 24.3 Å². The Morgan fingerprint density at radius 1 is 1.35 bits per heavy atom. The first-order chi connectivity index (χ1) is 11.2. The molecule has 0 unspecified atom stereocenters. The van der Waals surface area contributed by atoms with Crippen molar-refractivity contribution in [1.29, 1.82) is 0 Å². The molecule has 3 heterocycles. The molecule has 6 nitrogen and oxygen atoms in total. The second-order valence-electron chi connectivity index (χ2n) is 5.24. The first-order valence-electron chi connectivity index (χ1n) is 7.60. The van der Waals surface area contributed by atoms with Crippen molar-refractivity contribution in [3.05, 3.63) is 53.5 Å². The molecule has 23 heavy (non-hydrogen) atoms. The molecule has 0 bridgehead atoms. The van der Waals surface area contributed by atoms with E-state index in [0.29, 0.717) is 22.9 Å². The third-order valence-corrected chi connectivity index (χ3v) is 3.85. The van der Waals surface area contributed by atoms with Crippen LogP contribution in [0.4, 0.5) is 0 Å². The Balaban J connectivity index is 1.54. The lowest BCUT2D eigenvalue weighted by Crippen LogP contribution is -2.25. The molecule has 0 aliphatic heterocycles. The zero-order valence-corrected chi connectivity index (χ0v) is 13.6. The number of rotatable bonds is 6. The van der Waals surface area contributed by atoms with E-state index >= 15 is 0 Å². The summed E-state index contributed by atoms with van der Waals surface area (Å²) in [6.45, 7) is 3.51. The molecule has 0 saturated carbocycles. The first kappa shape index (κ1) is 15.6. The minimum Gasteiger partial charge on any atom is -0.351 e. The fourth-order valence-corrected chi connectivity index (χ4v) is 2.64. The Labute approximate surface area is 139 Å². The van der Waals surface area contributed by atoms with Gasteiger partial charge in [0.2, 0.25) is 0 Å². The van der Waals surface area contributed by atoms with Crippen LogP contribution in [0, 0.1) is 0 Å². The lowest BCUT2D eigenvalue weighted by Gasteiger charge is -2.07. The normalized spacial score (nSPS) is 11.0. The van der Waals surface area contributed by atoms with Crippen LogP contribution in [-0.4, -0.2) is 31.4 Å². The number of hydrogen-bond acceptors (Lipinski definition) is 3. The average molecular weight is 332 g/mol. The van der Waals surface area contributed by atoms with Gasteiger partial charge in [-0.3, -0.25) is 4.79 Å². The van der Waals surface area contributed by atoms with Gasteiger partial charge in [0.1, 0.15) is 17.2 Å². The van der Waals surface area contributed by atoms with Crippen LogP contribution in [0.5, 0.6) is 0 Å². The molecular formula is C16H18ClN5O. The van der Waals surface area contributed by atoms with E-state index in [1.165, 1.54) is 0 Å². The van der Waals surface area contributed by atoms with Gasteiger partial charge < -0.3 is 14.3 Å². The summed E-state index contributed by atoms with van der Waals surface area (Å²) in [6, 6.07) is 3.53. The number of aryl methyl sites for hydroxylation is 2. The van der Waals surface area contributed by atoms with E-state index in [-0.39, 0.29) is 5.91 Å². The molecule has 120 valence electrons. The lowest BCUT2D eigenvalue weighted by molar-refractivity contribution is 0.0948. The smallest absolute Gasteiger partial charge is 0.271 e. The van der Waals surface area contributed by atoms with Crippen molar-refractivity contribution < 1.29 is 4.79 Å². The Bertz CT molecular complexity index is 823. The van der Waals surface area contributed by atoms with E-state index in [2.05, 4.69) is 26.8 Å². The summed E-state index contributed by atoms with van der Waals surface area (Å²) < 4.78 is 3.86. The van der Waals surface area contributed by atoms with Gasteiger partial charge in [0.15, 0.2) is 0 Å². The van der Waals surface area contributed by atoms with Crippen LogP contribution in [0.15, 0.2) is 36.9 Å². The largest absolute Gasteiger partial charge is 0.351 e. The van der Waals surface area contributed by atoms with Crippen LogP contribution in [0.2, 0.25) is 5.02 Å². The summed E-state index contributed by atoms with van der Waals surface area (Å²) in [4.78, 5) is 20.7. The number of carbonyl (C=O) groups is 1. The minimum atomic E-state index is -0.175. The van der Waals surface area contributed by atoms with Crippen molar-refractivity contribution >= 4 is 23.2 Å². The zero-order valence-electron chi connectivity index (χ0n) is 12.9. The maximum Gasteiger partial charge on any atom is 0.271 e. The number of hydrogen-bond donors (Lipinski definition) is 1. The Morgan fingerprint density at radius 3 is 3.04 bits per heavy atom. The predicted octanol–water partition coefficient (Wildman–Crippen LogP) is 2.57. The van der Waals surface area contributed by atoms with E-state index in [0.717, 1.165) is 25.2 Å². The number of nitrogens with zero attached hydrogens (tertiary/aromatic N) is 4. The highest BCUT2D eigenvalue weighted by Crippen LogP contribution is 2.11. The van der Waals surface area contributed by atoms with Gasteiger partial charge in [-0.1, -0.05) is 18.5 Å². The summed E-state index contributed by atoms with van der Waals surface area (Å²) >= 11 is 5.93. The van der Waals surface area contributed by atoms with Crippen LogP contribution < -0.4 is 5.32 Å². The third-order valence-electron chi connectivity index (χ3n) is 3.63. The molecule has 0 atom stereocenters. The SMILES string of the molecule is CCc1nccn1CCCNC(=O)c1cn2cc(Cl)ccc2n1. The molecule has 0 radical (unpaired) electrons. The topological polar surface area (TPSA) is 64.2 Å². The molecular weight excluding hydrogens is 314 g/mol. The van der Waals surface area contributed by atoms with Crippen LogP contribution in [-0.2, 0) is 13.0 Å². The number of nitrogens with one attached hydrogen (secondary N) is 1. The van der Waals surface area contributed by atoms with Crippen molar-refractivity contribution in [3.63, 3.8) is 0 Å². The molecule has 0 aliphatic carbocycles. The highest BCUT2D eigenvalue weighted by Gasteiger charge is 2.10.